The summed E-state index contributed by atoms with van der Waals surface area (Å²) < 4.78 is 10.4. The number of nitrogens with one attached hydrogen (secondary N) is 1. The Balaban J connectivity index is 3.09. The molecule has 4 N–H and O–H groups in total. The minimum atomic E-state index is -0.585. The van der Waals surface area contributed by atoms with Crippen LogP contribution in [0, 0.1) is 5.92 Å². The van der Waals surface area contributed by atoms with Crippen molar-refractivity contribution in [1.82, 2.24) is 5.32 Å². The summed E-state index contributed by atoms with van der Waals surface area (Å²) in [6.45, 7) is 3.71. The zero-order valence-corrected chi connectivity index (χ0v) is 12.6. The maximum absolute atomic E-state index is 12.4. The Kier molecular flexibility index (Phi) is 5.83. The lowest BCUT2D eigenvalue weighted by atomic mass is 10.0. The Morgan fingerprint density at radius 1 is 1.33 bits per heavy atom. The van der Waals surface area contributed by atoms with Crippen molar-refractivity contribution >= 4 is 11.7 Å². The van der Waals surface area contributed by atoms with Crippen LogP contribution in [0.2, 0.25) is 0 Å². The summed E-state index contributed by atoms with van der Waals surface area (Å²) in [6, 6.07) is 4.40. The minimum absolute atomic E-state index is 0.0403. The van der Waals surface area contributed by atoms with E-state index >= 15 is 0 Å². The number of amidine groups is 1. The summed E-state index contributed by atoms with van der Waals surface area (Å²) in [5, 5.41) is 14.5. The van der Waals surface area contributed by atoms with Gasteiger partial charge >= 0.3 is 0 Å². The minimum Gasteiger partial charge on any atom is -0.493 e. The molecule has 0 bridgehead atoms. The zero-order chi connectivity index (χ0) is 16.0. The van der Waals surface area contributed by atoms with E-state index in [1.807, 2.05) is 13.8 Å². The molecule has 0 aromatic heterocycles. The van der Waals surface area contributed by atoms with Crippen LogP contribution in [0.25, 0.3) is 0 Å². The van der Waals surface area contributed by atoms with E-state index in [9.17, 15) is 4.79 Å². The summed E-state index contributed by atoms with van der Waals surface area (Å²) >= 11 is 0. The smallest absolute Gasteiger partial charge is 0.255 e. The molecule has 1 atom stereocenters. The van der Waals surface area contributed by atoms with Gasteiger partial charge in [-0.05, 0) is 18.1 Å². The van der Waals surface area contributed by atoms with Crippen molar-refractivity contribution in [3.8, 4) is 11.5 Å². The molecule has 7 heteroatoms. The van der Waals surface area contributed by atoms with Crippen molar-refractivity contribution in [2.45, 2.75) is 19.9 Å². The largest absolute Gasteiger partial charge is 0.493 e. The third-order valence-corrected chi connectivity index (χ3v) is 3.03. The maximum Gasteiger partial charge on any atom is 0.255 e. The number of carbonyl (C=O) groups excluding carboxylic acids is 1. The summed E-state index contributed by atoms with van der Waals surface area (Å²) in [6.07, 6.45) is 0. The second-order valence-corrected chi connectivity index (χ2v) is 4.76. The molecule has 0 aliphatic heterocycles. The Labute approximate surface area is 123 Å². The number of hydrogen-bond acceptors (Lipinski definition) is 5. The second-order valence-electron chi connectivity index (χ2n) is 4.76. The molecule has 0 saturated carbocycles. The Morgan fingerprint density at radius 3 is 2.48 bits per heavy atom. The molecular formula is C14H21N3O4. The highest BCUT2D eigenvalue weighted by Gasteiger charge is 2.24. The molecule has 1 aromatic rings. The number of rotatable bonds is 6. The number of para-hydroxylation sites is 1. The van der Waals surface area contributed by atoms with E-state index in [4.69, 9.17) is 20.4 Å². The summed E-state index contributed by atoms with van der Waals surface area (Å²) in [5.74, 6) is 0.298. The maximum atomic E-state index is 12.4. The molecule has 1 aromatic carbocycles. The van der Waals surface area contributed by atoms with Crippen LogP contribution in [0.15, 0.2) is 23.4 Å². The number of hydrogen-bond donors (Lipinski definition) is 3. The molecule has 1 unspecified atom stereocenters. The lowest BCUT2D eigenvalue weighted by molar-refractivity contribution is 0.0935. The first kappa shape index (κ1) is 16.6. The summed E-state index contributed by atoms with van der Waals surface area (Å²) in [4.78, 5) is 12.4. The van der Waals surface area contributed by atoms with Gasteiger partial charge in [0.2, 0.25) is 0 Å². The van der Waals surface area contributed by atoms with Crippen LogP contribution >= 0.6 is 0 Å². The number of nitrogens with zero attached hydrogens (tertiary/aromatic N) is 1. The Bertz CT molecular complexity index is 529. The highest BCUT2D eigenvalue weighted by molar-refractivity contribution is 6.00. The quantitative estimate of drug-likeness (QED) is 0.316. The van der Waals surface area contributed by atoms with E-state index in [-0.39, 0.29) is 11.8 Å². The van der Waals surface area contributed by atoms with Gasteiger partial charge in [-0.25, -0.2) is 0 Å². The van der Waals surface area contributed by atoms with Gasteiger partial charge in [-0.1, -0.05) is 25.1 Å². The Morgan fingerprint density at radius 2 is 2.00 bits per heavy atom. The first-order valence-corrected chi connectivity index (χ1v) is 6.45. The molecule has 0 fully saturated rings. The van der Waals surface area contributed by atoms with Gasteiger partial charge in [0.25, 0.3) is 5.91 Å². The van der Waals surface area contributed by atoms with Gasteiger partial charge in [-0.2, -0.15) is 0 Å². The highest BCUT2D eigenvalue weighted by atomic mass is 16.5. The van der Waals surface area contributed by atoms with Crippen molar-refractivity contribution in [2.24, 2.45) is 16.8 Å². The van der Waals surface area contributed by atoms with Crippen molar-refractivity contribution < 1.29 is 19.5 Å². The number of ether oxygens (including phenoxy) is 2. The topological polar surface area (TPSA) is 106 Å². The van der Waals surface area contributed by atoms with Crippen LogP contribution in [-0.2, 0) is 0 Å². The van der Waals surface area contributed by atoms with Gasteiger partial charge < -0.3 is 25.7 Å². The van der Waals surface area contributed by atoms with Gasteiger partial charge in [0.1, 0.15) is 0 Å². The molecule has 7 nitrogen and oxygen atoms in total. The SMILES string of the molecule is COc1cccc(C(=O)NC(C(N)=NO)C(C)C)c1OC. The van der Waals surface area contributed by atoms with Crippen molar-refractivity contribution in [1.29, 1.82) is 0 Å². The van der Waals surface area contributed by atoms with Gasteiger partial charge in [0.05, 0.1) is 25.8 Å². The van der Waals surface area contributed by atoms with Crippen LogP contribution < -0.4 is 20.5 Å². The number of benzene rings is 1. The van der Waals surface area contributed by atoms with E-state index in [1.165, 1.54) is 14.2 Å². The normalized spacial score (nSPS) is 12.9. The van der Waals surface area contributed by atoms with E-state index in [2.05, 4.69) is 10.5 Å². The molecule has 116 valence electrons. The first-order valence-electron chi connectivity index (χ1n) is 6.45. The lowest BCUT2D eigenvalue weighted by Gasteiger charge is -2.21. The van der Waals surface area contributed by atoms with Crippen LogP contribution in [0.5, 0.6) is 11.5 Å². The number of methoxy groups -OCH3 is 2. The third kappa shape index (κ3) is 3.77. The molecule has 0 aliphatic carbocycles. The van der Waals surface area contributed by atoms with E-state index in [0.717, 1.165) is 0 Å². The monoisotopic (exact) mass is 295 g/mol. The second kappa shape index (κ2) is 7.37. The van der Waals surface area contributed by atoms with Gasteiger partial charge in [0.15, 0.2) is 17.3 Å². The zero-order valence-electron chi connectivity index (χ0n) is 12.6. The average Bonchev–Trinajstić information content (AvgIpc) is 2.50. The number of amides is 1. The van der Waals surface area contributed by atoms with Gasteiger partial charge in [0, 0.05) is 0 Å². The van der Waals surface area contributed by atoms with Crippen LogP contribution in [0.1, 0.15) is 24.2 Å². The average molecular weight is 295 g/mol. The molecule has 0 radical (unpaired) electrons. The van der Waals surface area contributed by atoms with Crippen molar-refractivity contribution in [3.05, 3.63) is 23.8 Å². The van der Waals surface area contributed by atoms with E-state index in [0.29, 0.717) is 17.1 Å². The van der Waals surface area contributed by atoms with Crippen LogP contribution in [-0.4, -0.2) is 37.2 Å². The lowest BCUT2D eigenvalue weighted by Crippen LogP contribution is -2.47. The fraction of sp³-hybridized carbons (Fsp3) is 0.429. The summed E-state index contributed by atoms with van der Waals surface area (Å²) in [5.41, 5.74) is 5.91. The molecular weight excluding hydrogens is 274 g/mol. The van der Waals surface area contributed by atoms with Crippen LogP contribution in [0.4, 0.5) is 0 Å². The first-order chi connectivity index (χ1) is 9.96. The van der Waals surface area contributed by atoms with E-state index < -0.39 is 11.9 Å². The number of carbonyl (C=O) groups is 1. The molecule has 0 heterocycles. The van der Waals surface area contributed by atoms with Crippen molar-refractivity contribution in [3.63, 3.8) is 0 Å². The molecule has 0 spiro atoms. The third-order valence-electron chi connectivity index (χ3n) is 3.03. The molecule has 0 saturated heterocycles. The standard InChI is InChI=1S/C14H21N3O4/c1-8(2)11(13(15)17-19)16-14(18)9-6-5-7-10(20-3)12(9)21-4/h5-8,11,19H,1-4H3,(H2,15,17)(H,16,18). The van der Waals surface area contributed by atoms with Gasteiger partial charge in [-0.3, -0.25) is 4.79 Å². The van der Waals surface area contributed by atoms with Crippen molar-refractivity contribution in [2.75, 3.05) is 14.2 Å². The fourth-order valence-electron chi connectivity index (χ4n) is 1.93. The van der Waals surface area contributed by atoms with E-state index in [1.54, 1.807) is 18.2 Å². The predicted molar refractivity (Wildman–Crippen MR) is 79.0 cm³/mol. The predicted octanol–water partition coefficient (Wildman–Crippen LogP) is 1.20. The van der Waals surface area contributed by atoms with Crippen LogP contribution in [0.3, 0.4) is 0 Å². The summed E-state index contributed by atoms with van der Waals surface area (Å²) in [7, 11) is 2.95. The molecule has 1 amide bonds. The van der Waals surface area contributed by atoms with Gasteiger partial charge in [-0.15, -0.1) is 0 Å². The molecule has 0 aliphatic rings. The molecule has 1 rings (SSSR count). The molecule has 21 heavy (non-hydrogen) atoms. The fourth-order valence-corrected chi connectivity index (χ4v) is 1.93. The Hall–Kier alpha value is -2.44. The highest BCUT2D eigenvalue weighted by Crippen LogP contribution is 2.30. The number of oxime groups is 1. The number of nitrogens with two attached hydrogens (primary N) is 1.